The lowest BCUT2D eigenvalue weighted by Crippen LogP contribution is -2.40. The summed E-state index contributed by atoms with van der Waals surface area (Å²) in [6.07, 6.45) is 4.08. The van der Waals surface area contributed by atoms with E-state index in [1.54, 1.807) is 0 Å². The number of hydrogen-bond donors (Lipinski definition) is 1. The molecule has 1 rings (SSSR count). The van der Waals surface area contributed by atoms with E-state index in [0.29, 0.717) is 6.04 Å². The Bertz CT molecular complexity index is 146. The first-order chi connectivity index (χ1) is 5.41. The van der Waals surface area contributed by atoms with Gasteiger partial charge in [0.15, 0.2) is 0 Å². The van der Waals surface area contributed by atoms with Crippen LogP contribution in [0.3, 0.4) is 0 Å². The summed E-state index contributed by atoms with van der Waals surface area (Å²) in [5, 5.41) is 0. The van der Waals surface area contributed by atoms with Crippen molar-refractivity contribution in [3.05, 3.63) is 0 Å². The van der Waals surface area contributed by atoms with Crippen molar-refractivity contribution in [1.29, 1.82) is 0 Å². The molecule has 3 unspecified atom stereocenters. The van der Waals surface area contributed by atoms with E-state index in [4.69, 9.17) is 5.73 Å². The third-order valence-electron chi connectivity index (χ3n) is 3.24. The molecule has 1 saturated carbocycles. The van der Waals surface area contributed by atoms with E-state index in [2.05, 4.69) is 27.7 Å². The molecule has 1 heteroatoms. The average molecular weight is 169 g/mol. The van der Waals surface area contributed by atoms with Gasteiger partial charge in [0.1, 0.15) is 0 Å². The van der Waals surface area contributed by atoms with Crippen molar-refractivity contribution in [2.24, 2.45) is 23.0 Å². The second-order valence-corrected chi connectivity index (χ2v) is 5.57. The minimum absolute atomic E-state index is 0.286. The Morgan fingerprint density at radius 3 is 2.17 bits per heavy atom. The van der Waals surface area contributed by atoms with Crippen LogP contribution in [0, 0.1) is 17.3 Å². The first-order valence-corrected chi connectivity index (χ1v) is 5.17. The summed E-state index contributed by atoms with van der Waals surface area (Å²) < 4.78 is 0. The molecule has 0 amide bonds. The topological polar surface area (TPSA) is 26.0 Å². The zero-order valence-corrected chi connectivity index (χ0v) is 8.93. The monoisotopic (exact) mass is 169 g/mol. The van der Waals surface area contributed by atoms with Crippen LogP contribution in [0.1, 0.15) is 47.0 Å². The molecule has 72 valence electrons. The Labute approximate surface area is 76.7 Å². The summed E-state index contributed by atoms with van der Waals surface area (Å²) >= 11 is 0. The van der Waals surface area contributed by atoms with Gasteiger partial charge in [-0.2, -0.15) is 0 Å². The first kappa shape index (κ1) is 10.0. The third-order valence-corrected chi connectivity index (χ3v) is 3.24. The standard InChI is InChI=1S/C11H23N/c1-8-5-6-9(7-8)10(12)11(2,3)4/h8-10H,5-7,12H2,1-4H3. The van der Waals surface area contributed by atoms with Gasteiger partial charge in [-0.25, -0.2) is 0 Å². The normalized spacial score (nSPS) is 33.8. The third kappa shape index (κ3) is 2.22. The van der Waals surface area contributed by atoms with Gasteiger partial charge < -0.3 is 5.73 Å². The van der Waals surface area contributed by atoms with E-state index < -0.39 is 0 Å². The van der Waals surface area contributed by atoms with Crippen molar-refractivity contribution in [3.63, 3.8) is 0 Å². The van der Waals surface area contributed by atoms with Crippen LogP contribution in [-0.2, 0) is 0 Å². The number of hydrogen-bond acceptors (Lipinski definition) is 1. The molecule has 1 aliphatic carbocycles. The zero-order valence-electron chi connectivity index (χ0n) is 8.93. The average Bonchev–Trinajstić information content (AvgIpc) is 2.32. The summed E-state index contributed by atoms with van der Waals surface area (Å²) in [6.45, 7) is 9.09. The van der Waals surface area contributed by atoms with Gasteiger partial charge in [0, 0.05) is 6.04 Å². The molecular formula is C11H23N. The van der Waals surface area contributed by atoms with Crippen LogP contribution in [0.4, 0.5) is 0 Å². The minimum atomic E-state index is 0.286. The van der Waals surface area contributed by atoms with Gasteiger partial charge >= 0.3 is 0 Å². The molecule has 1 aliphatic rings. The van der Waals surface area contributed by atoms with Gasteiger partial charge in [-0.3, -0.25) is 0 Å². The van der Waals surface area contributed by atoms with E-state index in [1.807, 2.05) is 0 Å². The fourth-order valence-electron chi connectivity index (χ4n) is 2.28. The highest BCUT2D eigenvalue weighted by atomic mass is 14.7. The van der Waals surface area contributed by atoms with Crippen LogP contribution >= 0.6 is 0 Å². The van der Waals surface area contributed by atoms with Gasteiger partial charge in [-0.1, -0.05) is 34.1 Å². The summed E-state index contributed by atoms with van der Waals surface area (Å²) in [5.41, 5.74) is 6.50. The first-order valence-electron chi connectivity index (χ1n) is 5.17. The molecule has 0 spiro atoms. The Hall–Kier alpha value is -0.0400. The lowest BCUT2D eigenvalue weighted by Gasteiger charge is -2.32. The molecule has 2 N–H and O–H groups in total. The Morgan fingerprint density at radius 1 is 1.25 bits per heavy atom. The van der Waals surface area contributed by atoms with E-state index in [0.717, 1.165) is 11.8 Å². The number of nitrogens with two attached hydrogens (primary N) is 1. The van der Waals surface area contributed by atoms with E-state index in [1.165, 1.54) is 19.3 Å². The predicted octanol–water partition coefficient (Wildman–Crippen LogP) is 2.80. The lowest BCUT2D eigenvalue weighted by molar-refractivity contribution is 0.236. The maximum absolute atomic E-state index is 6.22. The molecule has 0 radical (unpaired) electrons. The van der Waals surface area contributed by atoms with Crippen molar-refractivity contribution < 1.29 is 0 Å². The van der Waals surface area contributed by atoms with Crippen LogP contribution in [0.25, 0.3) is 0 Å². The van der Waals surface area contributed by atoms with Crippen LogP contribution in [-0.4, -0.2) is 6.04 Å². The minimum Gasteiger partial charge on any atom is -0.327 e. The highest BCUT2D eigenvalue weighted by Gasteiger charge is 2.33. The molecule has 3 atom stereocenters. The Morgan fingerprint density at radius 2 is 1.83 bits per heavy atom. The molecule has 1 fully saturated rings. The fraction of sp³-hybridized carbons (Fsp3) is 1.00. The fourth-order valence-corrected chi connectivity index (χ4v) is 2.28. The lowest BCUT2D eigenvalue weighted by atomic mass is 9.78. The Kier molecular flexibility index (Phi) is 2.82. The summed E-state index contributed by atoms with van der Waals surface area (Å²) in [7, 11) is 0. The van der Waals surface area contributed by atoms with E-state index in [9.17, 15) is 0 Å². The quantitative estimate of drug-likeness (QED) is 0.642. The van der Waals surface area contributed by atoms with Crippen LogP contribution < -0.4 is 5.73 Å². The maximum atomic E-state index is 6.22. The van der Waals surface area contributed by atoms with Crippen molar-refractivity contribution >= 4 is 0 Å². The van der Waals surface area contributed by atoms with Gasteiger partial charge in [0.2, 0.25) is 0 Å². The van der Waals surface area contributed by atoms with Crippen LogP contribution in [0.5, 0.6) is 0 Å². The molecule has 0 aromatic rings. The summed E-state index contributed by atoms with van der Waals surface area (Å²) in [6, 6.07) is 0.391. The van der Waals surface area contributed by atoms with Gasteiger partial charge in [-0.05, 0) is 30.1 Å². The summed E-state index contributed by atoms with van der Waals surface area (Å²) in [4.78, 5) is 0. The second kappa shape index (κ2) is 3.37. The highest BCUT2D eigenvalue weighted by molar-refractivity contribution is 4.87. The summed E-state index contributed by atoms with van der Waals surface area (Å²) in [5.74, 6) is 1.68. The van der Waals surface area contributed by atoms with E-state index in [-0.39, 0.29) is 5.41 Å². The van der Waals surface area contributed by atoms with Gasteiger partial charge in [0.25, 0.3) is 0 Å². The molecule has 0 bridgehead atoms. The molecule has 0 aromatic carbocycles. The van der Waals surface area contributed by atoms with Crippen molar-refractivity contribution in [1.82, 2.24) is 0 Å². The predicted molar refractivity (Wildman–Crippen MR) is 53.9 cm³/mol. The van der Waals surface area contributed by atoms with Crippen LogP contribution in [0.2, 0.25) is 0 Å². The SMILES string of the molecule is CC1CCC(C(N)C(C)(C)C)C1. The molecular weight excluding hydrogens is 146 g/mol. The maximum Gasteiger partial charge on any atom is 0.0116 e. The largest absolute Gasteiger partial charge is 0.327 e. The zero-order chi connectivity index (χ0) is 9.35. The van der Waals surface area contributed by atoms with Crippen molar-refractivity contribution in [2.45, 2.75) is 53.0 Å². The van der Waals surface area contributed by atoms with Crippen molar-refractivity contribution in [3.8, 4) is 0 Å². The van der Waals surface area contributed by atoms with Crippen molar-refractivity contribution in [2.75, 3.05) is 0 Å². The molecule has 0 aliphatic heterocycles. The smallest absolute Gasteiger partial charge is 0.0116 e. The molecule has 0 saturated heterocycles. The molecule has 0 aromatic heterocycles. The van der Waals surface area contributed by atoms with Gasteiger partial charge in [0.05, 0.1) is 0 Å². The molecule has 12 heavy (non-hydrogen) atoms. The Balaban J connectivity index is 2.48. The van der Waals surface area contributed by atoms with E-state index >= 15 is 0 Å². The highest BCUT2D eigenvalue weighted by Crippen LogP contribution is 2.37. The number of rotatable bonds is 1. The second-order valence-electron chi connectivity index (χ2n) is 5.57. The molecule has 1 nitrogen and oxygen atoms in total. The van der Waals surface area contributed by atoms with Crippen LogP contribution in [0.15, 0.2) is 0 Å². The van der Waals surface area contributed by atoms with Gasteiger partial charge in [-0.15, -0.1) is 0 Å². The molecule has 0 heterocycles.